The molecule has 0 unspecified atom stereocenters. The minimum absolute atomic E-state index is 0.523. The normalized spacial score (nSPS) is 53.7. The molecule has 2 bridgehead atoms. The molecule has 3 rings (SSSR count). The van der Waals surface area contributed by atoms with Crippen molar-refractivity contribution in [1.82, 2.24) is 0 Å². The third-order valence-electron chi connectivity index (χ3n) is 4.46. The van der Waals surface area contributed by atoms with Gasteiger partial charge in [0.2, 0.25) is 0 Å². The zero-order chi connectivity index (χ0) is 8.51. The number of rotatable bonds is 0. The first kappa shape index (κ1) is 7.07. The van der Waals surface area contributed by atoms with E-state index in [1.54, 1.807) is 0 Å². The monoisotopic (exact) mass is 166 g/mol. The van der Waals surface area contributed by atoms with E-state index in [1.165, 1.54) is 6.42 Å². The highest BCUT2D eigenvalue weighted by atomic mass is 16.1. The molecular weight excluding hydrogens is 150 g/mol. The van der Waals surface area contributed by atoms with Crippen molar-refractivity contribution in [3.8, 4) is 0 Å². The first-order valence-electron chi connectivity index (χ1n) is 4.96. The maximum absolute atomic E-state index is 11.4. The fourth-order valence-electron chi connectivity index (χ4n) is 3.68. The van der Waals surface area contributed by atoms with E-state index in [9.17, 15) is 4.79 Å². The molecule has 1 saturated carbocycles. The van der Waals surface area contributed by atoms with Gasteiger partial charge < -0.3 is 4.48 Å². The minimum atomic E-state index is 0.523. The van der Waals surface area contributed by atoms with Gasteiger partial charge in [0.25, 0.3) is 0 Å². The highest BCUT2D eigenvalue weighted by Crippen LogP contribution is 2.59. The summed E-state index contributed by atoms with van der Waals surface area (Å²) in [6.45, 7) is 0. The Morgan fingerprint density at radius 3 is 2.17 bits per heavy atom. The second-order valence-electron chi connectivity index (χ2n) is 5.27. The van der Waals surface area contributed by atoms with Crippen LogP contribution in [0, 0.1) is 11.8 Å². The van der Waals surface area contributed by atoms with E-state index in [2.05, 4.69) is 14.1 Å². The van der Waals surface area contributed by atoms with Gasteiger partial charge in [-0.2, -0.15) is 0 Å². The molecule has 12 heavy (non-hydrogen) atoms. The quantitative estimate of drug-likeness (QED) is 0.487. The van der Waals surface area contributed by atoms with Gasteiger partial charge in [0.05, 0.1) is 39.0 Å². The SMILES string of the molecule is C[N+]1(C)[C@@H]2CC(=O)C[C@@H]1[C@H]1C[C@@H]12. The molecule has 0 amide bonds. The van der Waals surface area contributed by atoms with Crippen LogP contribution in [0.3, 0.4) is 0 Å². The lowest BCUT2D eigenvalue weighted by Crippen LogP contribution is -2.57. The molecule has 66 valence electrons. The zero-order valence-corrected chi connectivity index (χ0v) is 7.79. The lowest BCUT2D eigenvalue weighted by Gasteiger charge is -2.43. The van der Waals surface area contributed by atoms with Gasteiger partial charge in [0.1, 0.15) is 5.78 Å². The Labute approximate surface area is 73.1 Å². The molecule has 3 aliphatic rings. The smallest absolute Gasteiger partial charge is 0.144 e. The lowest BCUT2D eigenvalue weighted by atomic mass is 9.95. The molecule has 1 aliphatic carbocycles. The lowest BCUT2D eigenvalue weighted by molar-refractivity contribution is -0.932. The van der Waals surface area contributed by atoms with Gasteiger partial charge >= 0.3 is 0 Å². The Bertz CT molecular complexity index is 237. The number of piperidine rings is 2. The summed E-state index contributed by atoms with van der Waals surface area (Å²) in [5, 5.41) is 0. The molecule has 0 radical (unpaired) electrons. The molecule has 2 heteroatoms. The van der Waals surface area contributed by atoms with E-state index in [4.69, 9.17) is 0 Å². The summed E-state index contributed by atoms with van der Waals surface area (Å²) < 4.78 is 1.14. The van der Waals surface area contributed by atoms with Crippen LogP contribution in [0.2, 0.25) is 0 Å². The molecule has 2 heterocycles. The summed E-state index contributed by atoms with van der Waals surface area (Å²) in [5.74, 6) is 2.35. The number of Topliss-reactive ketones (excluding diaryl/α,β-unsaturated/α-hetero) is 1. The van der Waals surface area contributed by atoms with Crippen molar-refractivity contribution in [1.29, 1.82) is 0 Å². The van der Waals surface area contributed by atoms with E-state index in [0.29, 0.717) is 17.9 Å². The van der Waals surface area contributed by atoms with Crippen LogP contribution in [-0.2, 0) is 4.79 Å². The number of carbonyl (C=O) groups excluding carboxylic acids is 1. The van der Waals surface area contributed by atoms with Crippen molar-refractivity contribution < 1.29 is 9.28 Å². The number of ketones is 1. The Balaban J connectivity index is 2.01. The standard InChI is InChI=1S/C10H16NO/c1-11(2)9-3-6(12)4-10(11)8-5-7(8)9/h7-10H,3-5H2,1-2H3/q+1/t7-,8-,9+,10+/m0/s1. The second-order valence-corrected chi connectivity index (χ2v) is 5.27. The molecule has 2 aliphatic heterocycles. The Kier molecular flexibility index (Phi) is 1.04. The van der Waals surface area contributed by atoms with Crippen molar-refractivity contribution in [2.75, 3.05) is 14.1 Å². The molecule has 4 atom stereocenters. The van der Waals surface area contributed by atoms with E-state index >= 15 is 0 Å². The molecular formula is C10H16NO+. The highest BCUT2D eigenvalue weighted by molar-refractivity contribution is 5.80. The molecule has 2 saturated heterocycles. The summed E-state index contributed by atoms with van der Waals surface area (Å²) >= 11 is 0. The largest absolute Gasteiger partial charge is 0.322 e. The molecule has 0 aromatic heterocycles. The highest BCUT2D eigenvalue weighted by Gasteiger charge is 2.67. The van der Waals surface area contributed by atoms with Crippen molar-refractivity contribution in [2.45, 2.75) is 31.3 Å². The number of hydrogen-bond acceptors (Lipinski definition) is 1. The maximum atomic E-state index is 11.4. The fourth-order valence-corrected chi connectivity index (χ4v) is 3.68. The van der Waals surface area contributed by atoms with Crippen molar-refractivity contribution in [3.63, 3.8) is 0 Å². The fraction of sp³-hybridized carbons (Fsp3) is 0.900. The van der Waals surface area contributed by atoms with Crippen molar-refractivity contribution in [3.05, 3.63) is 0 Å². The van der Waals surface area contributed by atoms with Gasteiger partial charge in [-0.05, 0) is 6.42 Å². The van der Waals surface area contributed by atoms with Crippen LogP contribution in [0.5, 0.6) is 0 Å². The van der Waals surface area contributed by atoms with Crippen LogP contribution in [0.4, 0.5) is 0 Å². The molecule has 0 aromatic rings. The molecule has 0 aromatic carbocycles. The van der Waals surface area contributed by atoms with Gasteiger partial charge in [0.15, 0.2) is 0 Å². The van der Waals surface area contributed by atoms with Gasteiger partial charge in [-0.25, -0.2) is 0 Å². The van der Waals surface area contributed by atoms with Crippen LogP contribution in [0.25, 0.3) is 0 Å². The first-order valence-corrected chi connectivity index (χ1v) is 4.96. The van der Waals surface area contributed by atoms with E-state index in [-0.39, 0.29) is 0 Å². The summed E-state index contributed by atoms with van der Waals surface area (Å²) in [6, 6.07) is 1.36. The third kappa shape index (κ3) is 0.634. The summed E-state index contributed by atoms with van der Waals surface area (Å²) in [4.78, 5) is 11.4. The van der Waals surface area contributed by atoms with Gasteiger partial charge in [-0.3, -0.25) is 4.79 Å². The average molecular weight is 166 g/mol. The zero-order valence-electron chi connectivity index (χ0n) is 7.79. The molecule has 0 N–H and O–H groups in total. The maximum Gasteiger partial charge on any atom is 0.144 e. The van der Waals surface area contributed by atoms with E-state index in [0.717, 1.165) is 29.2 Å². The molecule has 3 fully saturated rings. The molecule has 0 spiro atoms. The van der Waals surface area contributed by atoms with Crippen molar-refractivity contribution >= 4 is 5.78 Å². The first-order chi connectivity index (χ1) is 5.60. The minimum Gasteiger partial charge on any atom is -0.322 e. The van der Waals surface area contributed by atoms with E-state index < -0.39 is 0 Å². The van der Waals surface area contributed by atoms with Crippen LogP contribution in [0.1, 0.15) is 19.3 Å². The number of carbonyl (C=O) groups is 1. The number of quaternary nitrogens is 1. The topological polar surface area (TPSA) is 17.1 Å². The van der Waals surface area contributed by atoms with Gasteiger partial charge in [-0.15, -0.1) is 0 Å². The number of fused-ring (bicyclic) bond motifs is 5. The number of hydrogen-bond donors (Lipinski definition) is 0. The van der Waals surface area contributed by atoms with Crippen LogP contribution >= 0.6 is 0 Å². The predicted octanol–water partition coefficient (Wildman–Crippen LogP) is 0.813. The summed E-state index contributed by atoms with van der Waals surface area (Å²) in [6.07, 6.45) is 3.15. The third-order valence-corrected chi connectivity index (χ3v) is 4.46. The van der Waals surface area contributed by atoms with Crippen molar-refractivity contribution in [2.24, 2.45) is 11.8 Å². The Morgan fingerprint density at radius 1 is 1.17 bits per heavy atom. The average Bonchev–Trinajstić information content (AvgIpc) is 2.66. The Hall–Kier alpha value is -0.370. The molecule has 2 nitrogen and oxygen atoms in total. The van der Waals surface area contributed by atoms with Gasteiger partial charge in [0, 0.05) is 11.8 Å². The summed E-state index contributed by atoms with van der Waals surface area (Å²) in [7, 11) is 4.63. The van der Waals surface area contributed by atoms with Gasteiger partial charge in [-0.1, -0.05) is 0 Å². The summed E-state index contributed by atoms with van der Waals surface area (Å²) in [5.41, 5.74) is 0. The van der Waals surface area contributed by atoms with Crippen LogP contribution in [-0.4, -0.2) is 36.4 Å². The van der Waals surface area contributed by atoms with Crippen LogP contribution in [0.15, 0.2) is 0 Å². The van der Waals surface area contributed by atoms with Crippen LogP contribution < -0.4 is 0 Å². The number of nitrogens with zero attached hydrogens (tertiary/aromatic N) is 1. The second kappa shape index (κ2) is 1.77. The Morgan fingerprint density at radius 2 is 1.67 bits per heavy atom. The van der Waals surface area contributed by atoms with E-state index in [1.807, 2.05) is 0 Å². The predicted molar refractivity (Wildman–Crippen MR) is 45.5 cm³/mol.